The Morgan fingerprint density at radius 3 is 2.76 bits per heavy atom. The van der Waals surface area contributed by atoms with E-state index in [4.69, 9.17) is 5.73 Å². The largest absolute Gasteiger partial charge is 0.324 e. The quantitative estimate of drug-likeness (QED) is 0.931. The maximum Gasteiger partial charge on any atom is 0.101 e. The van der Waals surface area contributed by atoms with Crippen LogP contribution in [0, 0.1) is 0 Å². The van der Waals surface area contributed by atoms with Gasteiger partial charge in [0.1, 0.15) is 5.03 Å². The molecule has 88 valence electrons. The second-order valence-corrected chi connectivity index (χ2v) is 5.67. The van der Waals surface area contributed by atoms with Crippen molar-refractivity contribution >= 4 is 27.7 Å². The van der Waals surface area contributed by atoms with Crippen LogP contribution in [0.15, 0.2) is 57.0 Å². The van der Waals surface area contributed by atoms with Gasteiger partial charge in [-0.1, -0.05) is 23.9 Å². The van der Waals surface area contributed by atoms with Crippen molar-refractivity contribution in [3.63, 3.8) is 0 Å². The molecular formula is C13H13BrN2S. The fourth-order valence-electron chi connectivity index (χ4n) is 1.40. The van der Waals surface area contributed by atoms with Crippen molar-refractivity contribution in [2.45, 2.75) is 22.9 Å². The predicted molar refractivity (Wildman–Crippen MR) is 75.1 cm³/mol. The fraction of sp³-hybridized carbons (Fsp3) is 0.154. The third kappa shape index (κ3) is 3.31. The highest BCUT2D eigenvalue weighted by atomic mass is 79.9. The zero-order chi connectivity index (χ0) is 12.3. The third-order valence-corrected chi connectivity index (χ3v) is 4.30. The average Bonchev–Trinajstić information content (AvgIpc) is 2.32. The van der Waals surface area contributed by atoms with Gasteiger partial charge in [0.05, 0.1) is 0 Å². The molecule has 0 unspecified atom stereocenters. The summed E-state index contributed by atoms with van der Waals surface area (Å²) in [4.78, 5) is 5.50. The molecular weight excluding hydrogens is 296 g/mol. The first kappa shape index (κ1) is 12.6. The monoisotopic (exact) mass is 308 g/mol. The summed E-state index contributed by atoms with van der Waals surface area (Å²) in [7, 11) is 0. The molecule has 1 aromatic heterocycles. The Morgan fingerprint density at radius 1 is 1.29 bits per heavy atom. The lowest BCUT2D eigenvalue weighted by atomic mass is 10.1. The molecule has 0 bridgehead atoms. The highest BCUT2D eigenvalue weighted by Crippen LogP contribution is 2.32. The van der Waals surface area contributed by atoms with Crippen molar-refractivity contribution in [1.82, 2.24) is 4.98 Å². The highest BCUT2D eigenvalue weighted by Gasteiger charge is 2.05. The third-order valence-electron chi connectivity index (χ3n) is 2.34. The number of pyridine rings is 1. The van der Waals surface area contributed by atoms with Gasteiger partial charge < -0.3 is 5.73 Å². The van der Waals surface area contributed by atoms with Crippen LogP contribution in [0.1, 0.15) is 18.5 Å². The molecule has 0 aliphatic heterocycles. The van der Waals surface area contributed by atoms with Crippen molar-refractivity contribution in [2.24, 2.45) is 5.73 Å². The molecule has 0 fully saturated rings. The van der Waals surface area contributed by atoms with Crippen LogP contribution in [0.5, 0.6) is 0 Å². The molecule has 1 aromatic carbocycles. The first-order valence-corrected chi connectivity index (χ1v) is 6.91. The summed E-state index contributed by atoms with van der Waals surface area (Å²) in [5.74, 6) is 0. The zero-order valence-electron chi connectivity index (χ0n) is 9.43. The van der Waals surface area contributed by atoms with Crippen LogP contribution in [0.25, 0.3) is 0 Å². The fourth-order valence-corrected chi connectivity index (χ4v) is 2.78. The second-order valence-electron chi connectivity index (χ2n) is 3.75. The lowest BCUT2D eigenvalue weighted by Crippen LogP contribution is -2.04. The van der Waals surface area contributed by atoms with E-state index in [0.29, 0.717) is 0 Å². The summed E-state index contributed by atoms with van der Waals surface area (Å²) in [6, 6.07) is 12.1. The van der Waals surface area contributed by atoms with E-state index >= 15 is 0 Å². The summed E-state index contributed by atoms with van der Waals surface area (Å²) >= 11 is 5.16. The lowest BCUT2D eigenvalue weighted by Gasteiger charge is -2.07. The van der Waals surface area contributed by atoms with E-state index < -0.39 is 0 Å². The molecule has 2 nitrogen and oxygen atoms in total. The molecule has 0 saturated heterocycles. The number of benzene rings is 1. The van der Waals surface area contributed by atoms with Crippen LogP contribution in [0.4, 0.5) is 0 Å². The normalized spacial score (nSPS) is 12.4. The van der Waals surface area contributed by atoms with Crippen molar-refractivity contribution in [2.75, 3.05) is 0 Å². The van der Waals surface area contributed by atoms with Crippen LogP contribution in [-0.2, 0) is 0 Å². The molecule has 2 aromatic rings. The van der Waals surface area contributed by atoms with Gasteiger partial charge in [-0.05, 0) is 52.7 Å². The van der Waals surface area contributed by atoms with Gasteiger partial charge in [0.2, 0.25) is 0 Å². The Kier molecular flexibility index (Phi) is 4.20. The first-order chi connectivity index (χ1) is 8.16. The topological polar surface area (TPSA) is 38.9 Å². The average molecular weight is 309 g/mol. The molecule has 2 N–H and O–H groups in total. The molecule has 0 amide bonds. The van der Waals surface area contributed by atoms with Gasteiger partial charge in [-0.15, -0.1) is 0 Å². The molecule has 0 saturated carbocycles. The van der Waals surface area contributed by atoms with Crippen molar-refractivity contribution in [3.8, 4) is 0 Å². The van der Waals surface area contributed by atoms with E-state index in [9.17, 15) is 0 Å². The molecule has 1 heterocycles. The summed E-state index contributed by atoms with van der Waals surface area (Å²) in [5.41, 5.74) is 6.97. The Morgan fingerprint density at radius 2 is 2.06 bits per heavy atom. The van der Waals surface area contributed by atoms with Crippen molar-refractivity contribution in [3.05, 3.63) is 52.6 Å². The number of nitrogens with two attached hydrogens (primary N) is 1. The van der Waals surface area contributed by atoms with Crippen molar-refractivity contribution < 1.29 is 0 Å². The van der Waals surface area contributed by atoms with E-state index in [0.717, 1.165) is 20.0 Å². The minimum atomic E-state index is 0.0385. The standard InChI is InChI=1S/C13H13BrN2S/c1-9(15)10-6-7-16-13(8-10)17-12-5-3-2-4-11(12)14/h2-9H,15H2,1H3/t9-/m1/s1. The predicted octanol–water partition coefficient (Wildman–Crippen LogP) is 4.02. The minimum absolute atomic E-state index is 0.0385. The number of aromatic nitrogens is 1. The van der Waals surface area contributed by atoms with Gasteiger partial charge in [-0.25, -0.2) is 4.98 Å². The SMILES string of the molecule is C[C@@H](N)c1ccnc(Sc2ccccc2Br)c1. The summed E-state index contributed by atoms with van der Waals surface area (Å²) < 4.78 is 1.08. The smallest absolute Gasteiger partial charge is 0.101 e. The lowest BCUT2D eigenvalue weighted by molar-refractivity contribution is 0.808. The van der Waals surface area contributed by atoms with Gasteiger partial charge in [0.15, 0.2) is 0 Å². The summed E-state index contributed by atoms with van der Waals surface area (Å²) in [5, 5.41) is 0.965. The maximum atomic E-state index is 5.86. The molecule has 1 atom stereocenters. The Bertz CT molecular complexity index is 514. The van der Waals surface area contributed by atoms with E-state index in [1.54, 1.807) is 18.0 Å². The van der Waals surface area contributed by atoms with E-state index in [-0.39, 0.29) is 6.04 Å². The summed E-state index contributed by atoms with van der Waals surface area (Å²) in [6.45, 7) is 1.97. The van der Waals surface area contributed by atoms with E-state index in [1.807, 2.05) is 37.3 Å². The van der Waals surface area contributed by atoms with Crippen LogP contribution < -0.4 is 5.73 Å². The van der Waals surface area contributed by atoms with Crippen LogP contribution in [-0.4, -0.2) is 4.98 Å². The van der Waals surface area contributed by atoms with Gasteiger partial charge in [0, 0.05) is 21.6 Å². The highest BCUT2D eigenvalue weighted by molar-refractivity contribution is 9.10. The molecule has 0 radical (unpaired) electrons. The zero-order valence-corrected chi connectivity index (χ0v) is 11.8. The number of nitrogens with zero attached hydrogens (tertiary/aromatic N) is 1. The molecule has 4 heteroatoms. The molecule has 0 spiro atoms. The van der Waals surface area contributed by atoms with Crippen LogP contribution >= 0.6 is 27.7 Å². The Labute approximate surface area is 114 Å². The van der Waals surface area contributed by atoms with Gasteiger partial charge in [-0.2, -0.15) is 0 Å². The van der Waals surface area contributed by atoms with E-state index in [2.05, 4.69) is 27.0 Å². The number of halogens is 1. The molecule has 0 aliphatic rings. The second kappa shape index (κ2) is 5.67. The van der Waals surface area contributed by atoms with Crippen molar-refractivity contribution in [1.29, 1.82) is 0 Å². The van der Waals surface area contributed by atoms with Gasteiger partial charge in [0.25, 0.3) is 0 Å². The van der Waals surface area contributed by atoms with Gasteiger partial charge in [-0.3, -0.25) is 0 Å². The Hall–Kier alpha value is -0.840. The number of rotatable bonds is 3. The first-order valence-electron chi connectivity index (χ1n) is 5.31. The molecule has 2 rings (SSSR count). The van der Waals surface area contributed by atoms with Crippen LogP contribution in [0.2, 0.25) is 0 Å². The van der Waals surface area contributed by atoms with E-state index in [1.165, 1.54) is 0 Å². The molecule has 0 aliphatic carbocycles. The minimum Gasteiger partial charge on any atom is -0.324 e. The van der Waals surface area contributed by atoms with Gasteiger partial charge >= 0.3 is 0 Å². The summed E-state index contributed by atoms with van der Waals surface area (Å²) in [6.07, 6.45) is 1.80. The van der Waals surface area contributed by atoms with Crippen LogP contribution in [0.3, 0.4) is 0 Å². The number of hydrogen-bond donors (Lipinski definition) is 1. The molecule has 17 heavy (non-hydrogen) atoms. The Balaban J connectivity index is 2.25. The number of hydrogen-bond acceptors (Lipinski definition) is 3. The maximum absolute atomic E-state index is 5.86.